The van der Waals surface area contributed by atoms with Crippen LogP contribution < -0.4 is 4.90 Å². The van der Waals surface area contributed by atoms with Crippen molar-refractivity contribution in [1.29, 1.82) is 0 Å². The molecule has 0 atom stereocenters. The SMILES string of the molecule is c1ccc(-c2ccc(N(c3ccc(-c4ccccc4)cc3)c3ccc(-c4ccc(-c5ccccc5-n5c6ccc(-c7ccccc7)cc6c6ccc(-c7cccc8ccccc78)cc65)cc4)cc3)cc2)cc1. The minimum atomic E-state index is 1.09. The summed E-state index contributed by atoms with van der Waals surface area (Å²) in [5.74, 6) is 0. The average Bonchev–Trinajstić information content (AvgIpc) is 3.79. The van der Waals surface area contributed by atoms with Gasteiger partial charge in [-0.2, -0.15) is 0 Å². The van der Waals surface area contributed by atoms with Crippen molar-refractivity contribution in [3.63, 3.8) is 0 Å². The van der Waals surface area contributed by atoms with Gasteiger partial charge in [-0.1, -0.05) is 231 Å². The van der Waals surface area contributed by atoms with Gasteiger partial charge >= 0.3 is 0 Å². The van der Waals surface area contributed by atoms with E-state index in [0.717, 1.165) is 33.9 Å². The Bertz CT molecular complexity index is 3940. The summed E-state index contributed by atoms with van der Waals surface area (Å²) in [6.45, 7) is 0. The van der Waals surface area contributed by atoms with E-state index in [4.69, 9.17) is 0 Å². The smallest absolute Gasteiger partial charge is 0.0547 e. The second-order valence-corrected chi connectivity index (χ2v) is 18.5. The molecule has 0 fully saturated rings. The zero-order valence-electron chi connectivity index (χ0n) is 39.6. The quantitative estimate of drug-likeness (QED) is 0.133. The molecule has 2 nitrogen and oxygen atoms in total. The Kier molecular flexibility index (Phi) is 10.9. The molecule has 13 rings (SSSR count). The fraction of sp³-hybridized carbons (Fsp3) is 0. The first-order chi connectivity index (χ1) is 35.7. The minimum absolute atomic E-state index is 1.09. The molecule has 1 heterocycles. The molecule has 0 aliphatic carbocycles. The van der Waals surface area contributed by atoms with E-state index < -0.39 is 0 Å². The first-order valence-corrected chi connectivity index (χ1v) is 24.7. The molecule has 0 unspecified atom stereocenters. The fourth-order valence-corrected chi connectivity index (χ4v) is 10.6. The molecule has 0 amide bonds. The van der Waals surface area contributed by atoms with Crippen LogP contribution in [-0.2, 0) is 0 Å². The summed E-state index contributed by atoms with van der Waals surface area (Å²) >= 11 is 0. The summed E-state index contributed by atoms with van der Waals surface area (Å²) in [5, 5.41) is 4.96. The molecule has 0 saturated carbocycles. The topological polar surface area (TPSA) is 8.17 Å². The Hall–Kier alpha value is -9.50. The summed E-state index contributed by atoms with van der Waals surface area (Å²) in [6, 6.07) is 106. The van der Waals surface area contributed by atoms with Crippen molar-refractivity contribution >= 4 is 49.6 Å². The molecule has 0 N–H and O–H groups in total. The molecule has 0 spiro atoms. The molecule has 0 aliphatic rings. The van der Waals surface area contributed by atoms with Crippen LogP contribution in [-0.4, -0.2) is 4.57 Å². The van der Waals surface area contributed by atoms with E-state index >= 15 is 0 Å². The molecule has 0 aliphatic heterocycles. The first kappa shape index (κ1) is 42.6. The van der Waals surface area contributed by atoms with Gasteiger partial charge in [0.25, 0.3) is 0 Å². The van der Waals surface area contributed by atoms with Crippen LogP contribution in [0.25, 0.3) is 105 Å². The van der Waals surface area contributed by atoms with Crippen LogP contribution >= 0.6 is 0 Å². The van der Waals surface area contributed by atoms with Gasteiger partial charge < -0.3 is 9.47 Å². The van der Waals surface area contributed by atoms with E-state index in [1.165, 1.54) is 88.2 Å². The highest BCUT2D eigenvalue weighted by molar-refractivity contribution is 6.12. The normalized spacial score (nSPS) is 11.3. The van der Waals surface area contributed by atoms with Gasteiger partial charge in [0.1, 0.15) is 0 Å². The third-order valence-electron chi connectivity index (χ3n) is 14.2. The molecule has 0 radical (unpaired) electrons. The number of rotatable bonds is 10. The highest BCUT2D eigenvalue weighted by atomic mass is 15.1. The minimum Gasteiger partial charge on any atom is -0.311 e. The van der Waals surface area contributed by atoms with Crippen molar-refractivity contribution in [1.82, 2.24) is 4.57 Å². The van der Waals surface area contributed by atoms with Gasteiger partial charge in [0.05, 0.1) is 16.7 Å². The van der Waals surface area contributed by atoms with Crippen molar-refractivity contribution in [3.8, 4) is 72.4 Å². The van der Waals surface area contributed by atoms with Gasteiger partial charge in [-0.05, 0) is 133 Å². The summed E-state index contributed by atoms with van der Waals surface area (Å²) in [6.07, 6.45) is 0. The number of fused-ring (bicyclic) bond motifs is 4. The molecule has 12 aromatic carbocycles. The number of para-hydroxylation sites is 1. The maximum atomic E-state index is 2.48. The molecule has 0 saturated heterocycles. The Morgan fingerprint density at radius 2 is 0.639 bits per heavy atom. The molecule has 13 aromatic rings. The zero-order valence-corrected chi connectivity index (χ0v) is 39.6. The number of hydrogen-bond acceptors (Lipinski definition) is 1. The van der Waals surface area contributed by atoms with Crippen LogP contribution in [0, 0.1) is 0 Å². The average molecular weight is 917 g/mol. The maximum Gasteiger partial charge on any atom is 0.0547 e. The maximum absolute atomic E-state index is 2.48. The van der Waals surface area contributed by atoms with Gasteiger partial charge in [-0.25, -0.2) is 0 Å². The second kappa shape index (κ2) is 18.4. The van der Waals surface area contributed by atoms with Crippen LogP contribution in [0.2, 0.25) is 0 Å². The van der Waals surface area contributed by atoms with E-state index in [1.54, 1.807) is 0 Å². The van der Waals surface area contributed by atoms with Gasteiger partial charge in [0.2, 0.25) is 0 Å². The van der Waals surface area contributed by atoms with Crippen molar-refractivity contribution in [2.75, 3.05) is 4.90 Å². The summed E-state index contributed by atoms with van der Waals surface area (Å²) in [7, 11) is 0. The van der Waals surface area contributed by atoms with Crippen LogP contribution in [0.15, 0.2) is 291 Å². The van der Waals surface area contributed by atoms with Crippen molar-refractivity contribution < 1.29 is 0 Å². The van der Waals surface area contributed by atoms with Gasteiger partial charge in [-0.3, -0.25) is 0 Å². The van der Waals surface area contributed by atoms with Crippen LogP contribution in [0.1, 0.15) is 0 Å². The van der Waals surface area contributed by atoms with Crippen LogP contribution in [0.4, 0.5) is 17.1 Å². The number of nitrogens with zero attached hydrogens (tertiary/aromatic N) is 2. The largest absolute Gasteiger partial charge is 0.311 e. The summed E-state index contributed by atoms with van der Waals surface area (Å²) in [5.41, 5.74) is 21.1. The standard InChI is InChI=1S/C70H48N2/c1-4-15-49(16-5-1)53-31-39-60(40-32-53)71(61-41-33-54(34-42-61)50-17-6-2-7-18-50)62-43-35-55(36-44-62)52-27-29-57(30-28-52)65-24-12-13-26-68(65)72-69-46-38-58(51-19-8-3-9-20-51)47-67(69)66-45-37-59(48-70(66)72)64-25-14-22-56-21-10-11-23-63(56)64/h1-48H. The number of benzene rings is 12. The summed E-state index contributed by atoms with van der Waals surface area (Å²) < 4.78 is 2.48. The van der Waals surface area contributed by atoms with Crippen molar-refractivity contribution in [2.45, 2.75) is 0 Å². The van der Waals surface area contributed by atoms with E-state index in [2.05, 4.69) is 301 Å². The molecule has 2 heteroatoms. The van der Waals surface area contributed by atoms with Gasteiger partial charge in [0.15, 0.2) is 0 Å². The molecule has 0 bridgehead atoms. The third-order valence-corrected chi connectivity index (χ3v) is 14.2. The van der Waals surface area contributed by atoms with Crippen LogP contribution in [0.3, 0.4) is 0 Å². The van der Waals surface area contributed by atoms with E-state index in [0.29, 0.717) is 0 Å². The molecule has 72 heavy (non-hydrogen) atoms. The van der Waals surface area contributed by atoms with E-state index in [9.17, 15) is 0 Å². The lowest BCUT2D eigenvalue weighted by Gasteiger charge is -2.26. The lowest BCUT2D eigenvalue weighted by Crippen LogP contribution is -2.09. The molecular weight excluding hydrogens is 869 g/mol. The van der Waals surface area contributed by atoms with Gasteiger partial charge in [-0.15, -0.1) is 0 Å². The summed E-state index contributed by atoms with van der Waals surface area (Å²) in [4.78, 5) is 2.34. The Morgan fingerprint density at radius 1 is 0.222 bits per heavy atom. The van der Waals surface area contributed by atoms with Crippen molar-refractivity contribution in [2.24, 2.45) is 0 Å². The Labute approximate surface area is 420 Å². The van der Waals surface area contributed by atoms with E-state index in [1.807, 2.05) is 0 Å². The lowest BCUT2D eigenvalue weighted by atomic mass is 9.97. The number of hydrogen-bond donors (Lipinski definition) is 0. The predicted octanol–water partition coefficient (Wildman–Crippen LogP) is 19.4. The molecular formula is C70H48N2. The first-order valence-electron chi connectivity index (χ1n) is 24.7. The zero-order chi connectivity index (χ0) is 47.8. The fourth-order valence-electron chi connectivity index (χ4n) is 10.6. The number of anilines is 3. The number of aromatic nitrogens is 1. The molecule has 338 valence electrons. The highest BCUT2D eigenvalue weighted by Crippen LogP contribution is 2.42. The highest BCUT2D eigenvalue weighted by Gasteiger charge is 2.19. The molecule has 1 aromatic heterocycles. The van der Waals surface area contributed by atoms with Crippen LogP contribution in [0.5, 0.6) is 0 Å². The van der Waals surface area contributed by atoms with Crippen molar-refractivity contribution in [3.05, 3.63) is 291 Å². The lowest BCUT2D eigenvalue weighted by molar-refractivity contribution is 1.18. The second-order valence-electron chi connectivity index (χ2n) is 18.5. The monoisotopic (exact) mass is 916 g/mol. The predicted molar refractivity (Wildman–Crippen MR) is 306 cm³/mol. The third kappa shape index (κ3) is 7.92. The Morgan fingerprint density at radius 3 is 1.22 bits per heavy atom. The Balaban J connectivity index is 0.864. The van der Waals surface area contributed by atoms with E-state index in [-0.39, 0.29) is 0 Å². The van der Waals surface area contributed by atoms with Gasteiger partial charge in [0, 0.05) is 33.4 Å².